The zero-order valence-electron chi connectivity index (χ0n) is 15.1. The molecule has 138 valence electrons. The summed E-state index contributed by atoms with van der Waals surface area (Å²) in [5.41, 5.74) is 3.25. The first-order valence-corrected chi connectivity index (χ1v) is 9.11. The molecule has 0 aliphatic heterocycles. The Labute approximate surface area is 159 Å². The van der Waals surface area contributed by atoms with E-state index in [1.54, 1.807) is 18.2 Å². The average molecular weight is 360 g/mol. The molecular formula is C24H24O3. The molecule has 1 atom stereocenters. The number of rotatable bonds is 7. The highest BCUT2D eigenvalue weighted by Gasteiger charge is 2.08. The Morgan fingerprint density at radius 1 is 0.889 bits per heavy atom. The molecule has 3 heteroatoms. The Kier molecular flexibility index (Phi) is 6.42. The maximum atomic E-state index is 10.1. The standard InChI is InChI=1S/C24H24O3/c25-16-6-9-21(26)14-12-19(18-7-2-1-3-8-18)17-20-13-15-24(27)23-11-5-4-10-22(20)23/h1-11,13,15,17,21,25-27H,12,14,16H2/b9-6-,19-17-/t21-/m0/s1. The van der Waals surface area contributed by atoms with Gasteiger partial charge >= 0.3 is 0 Å². The van der Waals surface area contributed by atoms with Crippen LogP contribution in [0.3, 0.4) is 0 Å². The van der Waals surface area contributed by atoms with Crippen molar-refractivity contribution in [2.75, 3.05) is 6.61 Å². The normalized spacial score (nSPS) is 13.3. The molecule has 3 aromatic carbocycles. The van der Waals surface area contributed by atoms with Gasteiger partial charge in [0.2, 0.25) is 0 Å². The average Bonchev–Trinajstić information content (AvgIpc) is 2.72. The smallest absolute Gasteiger partial charge is 0.123 e. The molecule has 3 rings (SSSR count). The first-order valence-electron chi connectivity index (χ1n) is 9.11. The van der Waals surface area contributed by atoms with Crippen LogP contribution in [0.5, 0.6) is 5.75 Å². The van der Waals surface area contributed by atoms with Crippen molar-refractivity contribution in [3.8, 4) is 5.75 Å². The summed E-state index contributed by atoms with van der Waals surface area (Å²) in [6, 6.07) is 21.5. The van der Waals surface area contributed by atoms with Crippen LogP contribution in [-0.2, 0) is 0 Å². The van der Waals surface area contributed by atoms with Crippen LogP contribution in [0.15, 0.2) is 78.9 Å². The maximum absolute atomic E-state index is 10.1. The molecule has 0 unspecified atom stereocenters. The van der Waals surface area contributed by atoms with E-state index in [2.05, 4.69) is 18.2 Å². The van der Waals surface area contributed by atoms with Crippen molar-refractivity contribution in [2.45, 2.75) is 18.9 Å². The van der Waals surface area contributed by atoms with Gasteiger partial charge in [-0.1, -0.05) is 78.9 Å². The van der Waals surface area contributed by atoms with Crippen LogP contribution in [0, 0.1) is 0 Å². The first kappa shape index (κ1) is 18.9. The lowest BCUT2D eigenvalue weighted by Crippen LogP contribution is -2.02. The number of aliphatic hydroxyl groups excluding tert-OH is 2. The topological polar surface area (TPSA) is 60.7 Å². The Hall–Kier alpha value is -2.88. The number of allylic oxidation sites excluding steroid dienone is 1. The van der Waals surface area contributed by atoms with E-state index in [1.165, 1.54) is 0 Å². The molecule has 0 radical (unpaired) electrons. The van der Waals surface area contributed by atoms with E-state index in [-0.39, 0.29) is 12.4 Å². The van der Waals surface area contributed by atoms with E-state index in [1.807, 2.05) is 48.5 Å². The fourth-order valence-electron chi connectivity index (χ4n) is 3.19. The van der Waals surface area contributed by atoms with Gasteiger partial charge in [-0.05, 0) is 41.0 Å². The predicted octanol–water partition coefficient (Wildman–Crippen LogP) is 4.78. The Morgan fingerprint density at radius 3 is 2.33 bits per heavy atom. The van der Waals surface area contributed by atoms with Gasteiger partial charge in [-0.15, -0.1) is 0 Å². The van der Waals surface area contributed by atoms with Crippen molar-refractivity contribution in [1.29, 1.82) is 0 Å². The first-order chi connectivity index (χ1) is 13.2. The molecule has 0 saturated carbocycles. The van der Waals surface area contributed by atoms with Gasteiger partial charge < -0.3 is 15.3 Å². The van der Waals surface area contributed by atoms with E-state index in [0.29, 0.717) is 12.8 Å². The van der Waals surface area contributed by atoms with Crippen LogP contribution in [0.25, 0.3) is 22.4 Å². The van der Waals surface area contributed by atoms with E-state index >= 15 is 0 Å². The van der Waals surface area contributed by atoms with E-state index in [4.69, 9.17) is 5.11 Å². The van der Waals surface area contributed by atoms with Crippen LogP contribution in [0.1, 0.15) is 24.0 Å². The van der Waals surface area contributed by atoms with Gasteiger partial charge in [-0.25, -0.2) is 0 Å². The number of phenolic OH excluding ortho intramolecular Hbond substituents is 1. The molecule has 0 aromatic heterocycles. The molecular weight excluding hydrogens is 336 g/mol. The lowest BCUT2D eigenvalue weighted by atomic mass is 9.95. The monoisotopic (exact) mass is 360 g/mol. The Bertz CT molecular complexity index is 942. The van der Waals surface area contributed by atoms with Gasteiger partial charge in [0.1, 0.15) is 5.75 Å². The highest BCUT2D eigenvalue weighted by Crippen LogP contribution is 2.31. The van der Waals surface area contributed by atoms with Crippen molar-refractivity contribution in [1.82, 2.24) is 0 Å². The molecule has 0 amide bonds. The zero-order chi connectivity index (χ0) is 19.1. The summed E-state index contributed by atoms with van der Waals surface area (Å²) in [4.78, 5) is 0. The van der Waals surface area contributed by atoms with Gasteiger partial charge in [-0.3, -0.25) is 0 Å². The summed E-state index contributed by atoms with van der Waals surface area (Å²) in [6.45, 7) is -0.0715. The summed E-state index contributed by atoms with van der Waals surface area (Å²) in [6.07, 6.45) is 5.96. The van der Waals surface area contributed by atoms with Gasteiger partial charge in [0.25, 0.3) is 0 Å². The van der Waals surface area contributed by atoms with Gasteiger partial charge in [0, 0.05) is 5.39 Å². The van der Waals surface area contributed by atoms with Crippen molar-refractivity contribution < 1.29 is 15.3 Å². The quantitative estimate of drug-likeness (QED) is 0.420. The second-order valence-electron chi connectivity index (χ2n) is 6.47. The van der Waals surface area contributed by atoms with Crippen molar-refractivity contribution in [3.05, 3.63) is 90.0 Å². The predicted molar refractivity (Wildman–Crippen MR) is 111 cm³/mol. The molecule has 0 spiro atoms. The lowest BCUT2D eigenvalue weighted by molar-refractivity contribution is 0.213. The highest BCUT2D eigenvalue weighted by atomic mass is 16.3. The third kappa shape index (κ3) is 4.85. The van der Waals surface area contributed by atoms with Crippen LogP contribution < -0.4 is 0 Å². The fourth-order valence-corrected chi connectivity index (χ4v) is 3.19. The molecule has 3 nitrogen and oxygen atoms in total. The minimum Gasteiger partial charge on any atom is -0.507 e. The van der Waals surface area contributed by atoms with Crippen molar-refractivity contribution >= 4 is 22.4 Å². The van der Waals surface area contributed by atoms with Crippen LogP contribution in [-0.4, -0.2) is 28.0 Å². The maximum Gasteiger partial charge on any atom is 0.123 e. The van der Waals surface area contributed by atoms with E-state index in [9.17, 15) is 10.2 Å². The van der Waals surface area contributed by atoms with E-state index in [0.717, 1.165) is 27.5 Å². The van der Waals surface area contributed by atoms with Crippen molar-refractivity contribution in [3.63, 3.8) is 0 Å². The molecule has 0 aliphatic rings. The van der Waals surface area contributed by atoms with Crippen LogP contribution >= 0.6 is 0 Å². The molecule has 0 aliphatic carbocycles. The zero-order valence-corrected chi connectivity index (χ0v) is 15.1. The molecule has 3 aromatic rings. The number of phenols is 1. The number of aromatic hydroxyl groups is 1. The second-order valence-corrected chi connectivity index (χ2v) is 6.47. The number of hydrogen-bond acceptors (Lipinski definition) is 3. The lowest BCUT2D eigenvalue weighted by Gasteiger charge is -2.12. The largest absolute Gasteiger partial charge is 0.507 e. The second kappa shape index (κ2) is 9.17. The van der Waals surface area contributed by atoms with Gasteiger partial charge in [0.15, 0.2) is 0 Å². The number of hydrogen-bond donors (Lipinski definition) is 3. The number of benzene rings is 3. The molecule has 27 heavy (non-hydrogen) atoms. The molecule has 0 heterocycles. The minimum atomic E-state index is -0.596. The highest BCUT2D eigenvalue weighted by molar-refractivity contribution is 5.98. The third-order valence-corrected chi connectivity index (χ3v) is 4.58. The summed E-state index contributed by atoms with van der Waals surface area (Å²) in [7, 11) is 0. The van der Waals surface area contributed by atoms with Crippen LogP contribution in [0.2, 0.25) is 0 Å². The van der Waals surface area contributed by atoms with E-state index < -0.39 is 6.10 Å². The summed E-state index contributed by atoms with van der Waals surface area (Å²) < 4.78 is 0. The Morgan fingerprint density at radius 2 is 1.59 bits per heavy atom. The third-order valence-electron chi connectivity index (χ3n) is 4.58. The summed E-state index contributed by atoms with van der Waals surface area (Å²) >= 11 is 0. The van der Waals surface area contributed by atoms with Gasteiger partial charge in [-0.2, -0.15) is 0 Å². The molecule has 0 bridgehead atoms. The fraction of sp³-hybridized carbons (Fsp3) is 0.167. The molecule has 3 N–H and O–H groups in total. The minimum absolute atomic E-state index is 0.0715. The summed E-state index contributed by atoms with van der Waals surface area (Å²) in [5, 5.41) is 30.9. The number of fused-ring (bicyclic) bond motifs is 1. The van der Waals surface area contributed by atoms with Crippen molar-refractivity contribution in [2.24, 2.45) is 0 Å². The van der Waals surface area contributed by atoms with Crippen LogP contribution in [0.4, 0.5) is 0 Å². The SMILES string of the molecule is OC/C=C\[C@H](O)CC/C(=C/c1ccc(O)c2ccccc12)c1ccccc1. The van der Waals surface area contributed by atoms with Gasteiger partial charge in [0.05, 0.1) is 12.7 Å². The Balaban J connectivity index is 1.98. The number of aliphatic hydroxyl groups is 2. The molecule has 0 fully saturated rings. The summed E-state index contributed by atoms with van der Waals surface area (Å²) in [5.74, 6) is 0.272. The molecule has 0 saturated heterocycles.